The average Bonchev–Trinajstić information content (AvgIpc) is 2.75. The van der Waals surface area contributed by atoms with E-state index in [1.54, 1.807) is 0 Å². The van der Waals surface area contributed by atoms with Gasteiger partial charge >= 0.3 is 29.6 Å². The van der Waals surface area contributed by atoms with Gasteiger partial charge in [0, 0.05) is 5.92 Å². The summed E-state index contributed by atoms with van der Waals surface area (Å²) in [6.45, 7) is 4.43. The van der Waals surface area contributed by atoms with Crippen LogP contribution >= 0.6 is 0 Å². The molecule has 33 heavy (non-hydrogen) atoms. The van der Waals surface area contributed by atoms with Gasteiger partial charge in [-0.2, -0.15) is 0 Å². The van der Waals surface area contributed by atoms with E-state index in [1.165, 1.54) is 109 Å². The van der Waals surface area contributed by atoms with Crippen molar-refractivity contribution in [3.63, 3.8) is 0 Å². The second-order valence-electron chi connectivity index (χ2n) is 9.47. The van der Waals surface area contributed by atoms with Crippen LogP contribution in [-0.4, -0.2) is 19.6 Å². The Hall–Kier alpha value is 0.610. The third-order valence-corrected chi connectivity index (χ3v) is 6.66. The maximum Gasteiger partial charge on any atom is 1.00 e. The number of rotatable bonds is 25. The van der Waals surface area contributed by atoms with Crippen LogP contribution in [-0.2, 0) is 14.6 Å². The smallest absolute Gasteiger partial charge is 0.726 e. The fraction of sp³-hybridized carbons (Fsp3) is 0.926. The summed E-state index contributed by atoms with van der Waals surface area (Å²) in [6, 6.07) is 0. The van der Waals surface area contributed by atoms with Gasteiger partial charge in [0.05, 0.1) is 6.61 Å². The average molecular weight is 497 g/mol. The normalized spacial score (nSPS) is 12.8. The molecule has 0 heterocycles. The minimum absolute atomic E-state index is 0. The number of hydrogen-bond acceptors (Lipinski definition) is 4. The fourth-order valence-corrected chi connectivity index (χ4v) is 4.50. The van der Waals surface area contributed by atoms with E-state index in [9.17, 15) is 13.0 Å². The Bertz CT molecular complexity index is 508. The molecule has 0 saturated heterocycles. The van der Waals surface area contributed by atoms with Gasteiger partial charge in [-0.1, -0.05) is 142 Å². The van der Waals surface area contributed by atoms with E-state index < -0.39 is 10.4 Å². The molecule has 1 atom stereocenters. The predicted octanol–water partition coefficient (Wildman–Crippen LogP) is 5.87. The van der Waals surface area contributed by atoms with Gasteiger partial charge in [-0.25, -0.2) is 8.42 Å². The molecule has 0 aromatic carbocycles. The van der Waals surface area contributed by atoms with Gasteiger partial charge in [0.2, 0.25) is 10.4 Å². The summed E-state index contributed by atoms with van der Waals surface area (Å²) in [5, 5.41) is 0. The Morgan fingerprint density at radius 2 is 1.06 bits per heavy atom. The Labute approximate surface area is 229 Å². The van der Waals surface area contributed by atoms with Crippen LogP contribution < -0.4 is 29.6 Å². The summed E-state index contributed by atoms with van der Waals surface area (Å²) in [6.07, 6.45) is 31.1. The molecule has 0 fully saturated rings. The third-order valence-electron chi connectivity index (χ3n) is 6.24. The molecule has 0 radical (unpaired) electrons. The molecule has 0 N–H and O–H groups in total. The summed E-state index contributed by atoms with van der Waals surface area (Å²) in [7, 11) is -4.60. The second kappa shape index (κ2) is 27.2. The third kappa shape index (κ3) is 30.6. The number of hydrogen-bond donors (Lipinski definition) is 0. The van der Waals surface area contributed by atoms with Crippen molar-refractivity contribution in [3.05, 3.63) is 12.2 Å². The van der Waals surface area contributed by atoms with Gasteiger partial charge in [0.1, 0.15) is 0 Å². The molecule has 0 spiro atoms. The van der Waals surface area contributed by atoms with Crippen LogP contribution in [0.3, 0.4) is 0 Å². The molecule has 0 amide bonds. The minimum Gasteiger partial charge on any atom is -0.726 e. The van der Waals surface area contributed by atoms with Crippen LogP contribution in [0.2, 0.25) is 0 Å². The molecule has 0 aliphatic heterocycles. The molecule has 0 aromatic rings. The van der Waals surface area contributed by atoms with Gasteiger partial charge in [-0.15, -0.1) is 0 Å². The largest absolute Gasteiger partial charge is 1.00 e. The maximum absolute atomic E-state index is 10.8. The molecule has 4 nitrogen and oxygen atoms in total. The molecule has 0 aromatic heterocycles. The van der Waals surface area contributed by atoms with E-state index in [0.717, 1.165) is 25.7 Å². The quantitative estimate of drug-likeness (QED) is 0.0521. The molecular weight excluding hydrogens is 443 g/mol. The zero-order chi connectivity index (χ0) is 23.8. The molecule has 6 heteroatoms. The predicted molar refractivity (Wildman–Crippen MR) is 137 cm³/mol. The number of unbranched alkanes of at least 4 members (excludes halogenated alkanes) is 18. The van der Waals surface area contributed by atoms with E-state index in [0.29, 0.717) is 0 Å². The van der Waals surface area contributed by atoms with Gasteiger partial charge in [0.25, 0.3) is 0 Å². The molecular formula is C27H53NaO4S. The van der Waals surface area contributed by atoms with E-state index in [2.05, 4.69) is 24.1 Å². The van der Waals surface area contributed by atoms with Gasteiger partial charge in [-0.3, -0.25) is 4.18 Å². The first-order valence-electron chi connectivity index (χ1n) is 13.8. The van der Waals surface area contributed by atoms with Crippen molar-refractivity contribution in [1.82, 2.24) is 0 Å². The topological polar surface area (TPSA) is 66.4 Å². The summed E-state index contributed by atoms with van der Waals surface area (Å²) in [4.78, 5) is 0. The van der Waals surface area contributed by atoms with E-state index in [4.69, 9.17) is 0 Å². The zero-order valence-corrected chi connectivity index (χ0v) is 25.1. The van der Waals surface area contributed by atoms with Gasteiger partial charge in [0.15, 0.2) is 0 Å². The molecule has 0 aliphatic carbocycles. The van der Waals surface area contributed by atoms with E-state index >= 15 is 0 Å². The summed E-state index contributed by atoms with van der Waals surface area (Å²) >= 11 is 0. The summed E-state index contributed by atoms with van der Waals surface area (Å²) in [5.41, 5.74) is 0. The Morgan fingerprint density at radius 1 is 0.667 bits per heavy atom. The molecule has 1 unspecified atom stereocenters. The van der Waals surface area contributed by atoms with Crippen LogP contribution in [0.15, 0.2) is 12.2 Å². The monoisotopic (exact) mass is 496 g/mol. The molecule has 0 saturated carbocycles. The van der Waals surface area contributed by atoms with Crippen LogP contribution in [0.4, 0.5) is 0 Å². The molecule has 0 rings (SSSR count). The molecule has 192 valence electrons. The van der Waals surface area contributed by atoms with Crippen LogP contribution in [0, 0.1) is 5.92 Å². The first-order valence-corrected chi connectivity index (χ1v) is 15.1. The van der Waals surface area contributed by atoms with Gasteiger partial charge in [-0.05, 0) is 19.3 Å². The van der Waals surface area contributed by atoms with Crippen molar-refractivity contribution in [2.24, 2.45) is 5.92 Å². The van der Waals surface area contributed by atoms with Crippen LogP contribution in [0.25, 0.3) is 0 Å². The minimum atomic E-state index is -4.60. The molecule has 0 bridgehead atoms. The zero-order valence-electron chi connectivity index (χ0n) is 22.3. The Kier molecular flexibility index (Phi) is 29.5. The van der Waals surface area contributed by atoms with Crippen molar-refractivity contribution in [1.29, 1.82) is 0 Å². The molecule has 0 aliphatic rings. The standard InChI is InChI=1S/C27H54O4S.Na/c1-3-5-7-9-10-11-12-13-14-15-16-17-18-19-21-23-25-27(26-31-32(28,29)30)24-22-20-8-6-4-2;/h22,24,27H,3-21,23,25-26H2,1-2H3,(H,28,29,30);/q;+1/p-1/b24-22+;. The van der Waals surface area contributed by atoms with Gasteiger partial charge < -0.3 is 4.55 Å². The van der Waals surface area contributed by atoms with Crippen molar-refractivity contribution in [3.8, 4) is 0 Å². The van der Waals surface area contributed by atoms with Crippen molar-refractivity contribution in [2.45, 2.75) is 149 Å². The summed E-state index contributed by atoms with van der Waals surface area (Å²) < 4.78 is 36.8. The van der Waals surface area contributed by atoms with Crippen molar-refractivity contribution in [2.75, 3.05) is 6.61 Å². The van der Waals surface area contributed by atoms with Crippen LogP contribution in [0.1, 0.15) is 149 Å². The fourth-order valence-electron chi connectivity index (χ4n) is 4.16. The summed E-state index contributed by atoms with van der Waals surface area (Å²) in [5.74, 6) is 0.0204. The Morgan fingerprint density at radius 3 is 1.48 bits per heavy atom. The SMILES string of the molecule is CCCCC/C=C/C(CCCCCCCCCCCCCCCCCC)COS(=O)(=O)[O-].[Na+]. The van der Waals surface area contributed by atoms with E-state index in [-0.39, 0.29) is 42.1 Å². The second-order valence-corrected chi connectivity index (χ2v) is 10.5. The Balaban J connectivity index is 0. The van der Waals surface area contributed by atoms with Crippen LogP contribution in [0.5, 0.6) is 0 Å². The first-order chi connectivity index (χ1) is 15.5. The van der Waals surface area contributed by atoms with Crippen molar-refractivity contribution < 1.29 is 46.7 Å². The first kappa shape index (κ1) is 35.8. The van der Waals surface area contributed by atoms with Crippen molar-refractivity contribution >= 4 is 10.4 Å². The number of allylic oxidation sites excluding steroid dienone is 1. The van der Waals surface area contributed by atoms with E-state index in [1.807, 2.05) is 6.08 Å². The maximum atomic E-state index is 10.8.